The number of nitro benzene ring substituents is 1. The number of ether oxygens (including phenoxy) is 1. The lowest BCUT2D eigenvalue weighted by Crippen LogP contribution is -2.37. The summed E-state index contributed by atoms with van der Waals surface area (Å²) in [6.07, 6.45) is 4.27. The number of aryl methyl sites for hydroxylation is 1. The Balaban J connectivity index is 1.49. The lowest BCUT2D eigenvalue weighted by Gasteiger charge is -2.26. The fraction of sp³-hybridized carbons (Fsp3) is 0.259. The van der Waals surface area contributed by atoms with Gasteiger partial charge in [0.05, 0.1) is 29.3 Å². The van der Waals surface area contributed by atoms with Crippen molar-refractivity contribution < 1.29 is 19.2 Å². The number of benzene rings is 2. The Morgan fingerprint density at radius 1 is 0.919 bits per heavy atom. The second-order valence-electron chi connectivity index (χ2n) is 9.26. The van der Waals surface area contributed by atoms with Gasteiger partial charge in [0.25, 0.3) is 17.5 Å². The van der Waals surface area contributed by atoms with Crippen LogP contribution in [0, 0.1) is 10.1 Å². The van der Waals surface area contributed by atoms with Crippen molar-refractivity contribution >= 4 is 50.5 Å². The number of imide groups is 1. The molecule has 188 valence electrons. The molecule has 4 heterocycles. The number of aromatic amines is 1. The smallest absolute Gasteiger partial charge is 0.293 e. The molecule has 2 N–H and O–H groups in total. The van der Waals surface area contributed by atoms with Gasteiger partial charge in [0.15, 0.2) is 0 Å². The predicted molar refractivity (Wildman–Crippen MR) is 139 cm³/mol. The van der Waals surface area contributed by atoms with E-state index in [9.17, 15) is 19.7 Å². The second kappa shape index (κ2) is 9.30. The maximum Gasteiger partial charge on any atom is 0.293 e. The molecule has 0 aliphatic carbocycles. The van der Waals surface area contributed by atoms with E-state index in [1.165, 1.54) is 6.07 Å². The van der Waals surface area contributed by atoms with Gasteiger partial charge in [-0.25, -0.2) is 0 Å². The SMILES string of the molecule is O=C1NC(=O)C(c2cn(CCCN3CCOCC3)c3c([N+](=O)[O-])cccc23)=C1c1c[nH]c2ccccc12. The predicted octanol–water partition coefficient (Wildman–Crippen LogP) is 3.32. The molecule has 0 saturated carbocycles. The van der Waals surface area contributed by atoms with Gasteiger partial charge in [0.1, 0.15) is 5.52 Å². The summed E-state index contributed by atoms with van der Waals surface area (Å²) in [6, 6.07) is 12.4. The highest BCUT2D eigenvalue weighted by atomic mass is 16.6. The van der Waals surface area contributed by atoms with Crippen molar-refractivity contribution in [2.45, 2.75) is 13.0 Å². The van der Waals surface area contributed by atoms with Crippen molar-refractivity contribution in [1.29, 1.82) is 0 Å². The Kier molecular flexibility index (Phi) is 5.82. The standard InChI is InChI=1S/C27H25N5O5/c33-26-23(19-15-28-21-7-2-1-5-17(19)21)24(27(34)29-26)20-16-31(10-4-9-30-11-13-37-14-12-30)25-18(20)6-3-8-22(25)32(35)36/h1-3,5-8,15-16,28H,4,9-14H2,(H,29,33,34). The van der Waals surface area contributed by atoms with Crippen LogP contribution in [-0.4, -0.2) is 64.0 Å². The number of morpholine rings is 1. The van der Waals surface area contributed by atoms with Crippen LogP contribution in [0.3, 0.4) is 0 Å². The number of H-pyrrole nitrogens is 1. The highest BCUT2D eigenvalue weighted by Crippen LogP contribution is 2.40. The number of carbonyl (C=O) groups excluding carboxylic acids is 2. The third-order valence-electron chi connectivity index (χ3n) is 7.11. The lowest BCUT2D eigenvalue weighted by molar-refractivity contribution is -0.383. The average Bonchev–Trinajstić information content (AvgIpc) is 3.57. The molecule has 10 nitrogen and oxygen atoms in total. The molecule has 1 fully saturated rings. The van der Waals surface area contributed by atoms with Crippen molar-refractivity contribution in [1.82, 2.24) is 19.8 Å². The molecule has 2 aromatic heterocycles. The summed E-state index contributed by atoms with van der Waals surface area (Å²) >= 11 is 0. The van der Waals surface area contributed by atoms with Crippen LogP contribution in [-0.2, 0) is 20.9 Å². The fourth-order valence-corrected chi connectivity index (χ4v) is 5.40. The number of nitrogens with zero attached hydrogens (tertiary/aromatic N) is 3. The van der Waals surface area contributed by atoms with Crippen LogP contribution in [0.1, 0.15) is 17.5 Å². The molecule has 6 rings (SSSR count). The number of rotatable bonds is 7. The van der Waals surface area contributed by atoms with E-state index >= 15 is 0 Å². The van der Waals surface area contributed by atoms with Gasteiger partial charge >= 0.3 is 0 Å². The average molecular weight is 500 g/mol. The summed E-state index contributed by atoms with van der Waals surface area (Å²) in [6.45, 7) is 4.50. The first kappa shape index (κ1) is 23.1. The van der Waals surface area contributed by atoms with E-state index in [4.69, 9.17) is 4.74 Å². The largest absolute Gasteiger partial charge is 0.379 e. The Labute approximate surface area is 211 Å². The first-order chi connectivity index (χ1) is 18.0. The van der Waals surface area contributed by atoms with Crippen molar-refractivity contribution in [3.8, 4) is 0 Å². The maximum absolute atomic E-state index is 13.2. The van der Waals surface area contributed by atoms with Crippen molar-refractivity contribution in [3.05, 3.63) is 76.1 Å². The number of amides is 2. The van der Waals surface area contributed by atoms with Crippen LogP contribution in [0.2, 0.25) is 0 Å². The number of hydrogen-bond donors (Lipinski definition) is 2. The van der Waals surface area contributed by atoms with E-state index in [0.717, 1.165) is 37.0 Å². The van der Waals surface area contributed by atoms with E-state index < -0.39 is 16.7 Å². The normalized spacial score (nSPS) is 16.8. The Morgan fingerprint density at radius 3 is 2.43 bits per heavy atom. The molecule has 10 heteroatoms. The van der Waals surface area contributed by atoms with E-state index in [1.807, 2.05) is 28.8 Å². The molecule has 0 atom stereocenters. The molecule has 0 radical (unpaired) electrons. The quantitative estimate of drug-likeness (QED) is 0.229. The van der Waals surface area contributed by atoms with Gasteiger partial charge in [-0.1, -0.05) is 30.3 Å². The zero-order valence-corrected chi connectivity index (χ0v) is 20.0. The Hall–Kier alpha value is -4.28. The number of para-hydroxylation sites is 2. The lowest BCUT2D eigenvalue weighted by atomic mass is 9.95. The minimum atomic E-state index is -0.510. The molecule has 1 saturated heterocycles. The molecule has 0 unspecified atom stereocenters. The third kappa shape index (κ3) is 4.00. The van der Waals surface area contributed by atoms with E-state index in [0.29, 0.717) is 41.8 Å². The van der Waals surface area contributed by atoms with Gasteiger partial charge in [0, 0.05) is 72.1 Å². The van der Waals surface area contributed by atoms with E-state index in [2.05, 4.69) is 15.2 Å². The van der Waals surface area contributed by atoms with Crippen molar-refractivity contribution in [2.24, 2.45) is 0 Å². The molecule has 2 aliphatic rings. The van der Waals surface area contributed by atoms with Crippen LogP contribution in [0.25, 0.3) is 33.0 Å². The zero-order chi connectivity index (χ0) is 25.5. The first-order valence-electron chi connectivity index (χ1n) is 12.3. The third-order valence-corrected chi connectivity index (χ3v) is 7.11. The number of non-ortho nitro benzene ring substituents is 1. The Morgan fingerprint density at radius 2 is 1.65 bits per heavy atom. The van der Waals surface area contributed by atoms with Crippen LogP contribution < -0.4 is 5.32 Å². The summed E-state index contributed by atoms with van der Waals surface area (Å²) in [5, 5.41) is 15.8. The highest BCUT2D eigenvalue weighted by Gasteiger charge is 2.35. The van der Waals surface area contributed by atoms with Gasteiger partial charge < -0.3 is 14.3 Å². The van der Waals surface area contributed by atoms with E-state index in [-0.39, 0.29) is 16.8 Å². The number of aromatic nitrogens is 2. The van der Waals surface area contributed by atoms with Gasteiger partial charge in [-0.15, -0.1) is 0 Å². The summed E-state index contributed by atoms with van der Waals surface area (Å²) in [5.74, 6) is -0.993. The Bertz CT molecular complexity index is 1590. The number of nitro groups is 1. The molecule has 0 bridgehead atoms. The zero-order valence-electron chi connectivity index (χ0n) is 20.0. The molecule has 37 heavy (non-hydrogen) atoms. The molecular weight excluding hydrogens is 474 g/mol. The molecule has 0 spiro atoms. The molecule has 2 amide bonds. The number of nitrogens with one attached hydrogen (secondary N) is 2. The summed E-state index contributed by atoms with van der Waals surface area (Å²) in [4.78, 5) is 43.2. The first-order valence-corrected chi connectivity index (χ1v) is 12.3. The van der Waals surface area contributed by atoms with Crippen LogP contribution in [0.5, 0.6) is 0 Å². The molecule has 2 aliphatic heterocycles. The molecule has 2 aromatic carbocycles. The van der Waals surface area contributed by atoms with Gasteiger partial charge in [-0.05, 0) is 12.5 Å². The summed E-state index contributed by atoms with van der Waals surface area (Å²) in [7, 11) is 0. The van der Waals surface area contributed by atoms with Gasteiger partial charge in [0.2, 0.25) is 0 Å². The van der Waals surface area contributed by atoms with Crippen molar-refractivity contribution in [3.63, 3.8) is 0 Å². The fourth-order valence-electron chi connectivity index (χ4n) is 5.40. The summed E-state index contributed by atoms with van der Waals surface area (Å²) < 4.78 is 7.26. The second-order valence-corrected chi connectivity index (χ2v) is 9.26. The van der Waals surface area contributed by atoms with Gasteiger partial charge in [-0.3, -0.25) is 29.9 Å². The van der Waals surface area contributed by atoms with Gasteiger partial charge in [-0.2, -0.15) is 0 Å². The topological polar surface area (TPSA) is 122 Å². The molecular formula is C27H25N5O5. The van der Waals surface area contributed by atoms with Crippen molar-refractivity contribution in [2.75, 3.05) is 32.8 Å². The van der Waals surface area contributed by atoms with Crippen LogP contribution in [0.4, 0.5) is 5.69 Å². The molecule has 4 aromatic rings. The maximum atomic E-state index is 13.2. The minimum Gasteiger partial charge on any atom is -0.379 e. The van der Waals surface area contributed by atoms with Crippen LogP contribution >= 0.6 is 0 Å². The summed E-state index contributed by atoms with van der Waals surface area (Å²) in [5.41, 5.74) is 2.88. The number of carbonyl (C=O) groups is 2. The van der Waals surface area contributed by atoms with E-state index in [1.54, 1.807) is 24.5 Å². The number of hydrogen-bond acceptors (Lipinski definition) is 6. The number of fused-ring (bicyclic) bond motifs is 2. The monoisotopic (exact) mass is 499 g/mol. The van der Waals surface area contributed by atoms with Crippen LogP contribution in [0.15, 0.2) is 54.9 Å². The minimum absolute atomic E-state index is 0.0332. The highest BCUT2D eigenvalue weighted by molar-refractivity contribution is 6.50.